The van der Waals surface area contributed by atoms with Crippen LogP contribution in [0.15, 0.2) is 91.6 Å². The van der Waals surface area contributed by atoms with Crippen LogP contribution in [-0.2, 0) is 19.5 Å². The lowest BCUT2D eigenvalue weighted by atomic mass is 10.0. The molecule has 0 spiro atoms. The second-order valence-corrected chi connectivity index (χ2v) is 9.54. The largest absolute Gasteiger partial charge is 0.347 e. The highest BCUT2D eigenvalue weighted by Crippen LogP contribution is 2.26. The van der Waals surface area contributed by atoms with Gasteiger partial charge in [0.1, 0.15) is 0 Å². The maximum Gasteiger partial charge on any atom is 0.291 e. The number of anilines is 1. The second kappa shape index (κ2) is 9.95. The molecule has 8 heteroatoms. The van der Waals surface area contributed by atoms with Crippen molar-refractivity contribution in [2.24, 2.45) is 0 Å². The first-order valence-electron chi connectivity index (χ1n) is 12.2. The summed E-state index contributed by atoms with van der Waals surface area (Å²) in [5.41, 5.74) is 5.47. The summed E-state index contributed by atoms with van der Waals surface area (Å²) in [6, 6.07) is 21.9. The number of aromatic nitrogens is 5. The van der Waals surface area contributed by atoms with Gasteiger partial charge < -0.3 is 19.4 Å². The van der Waals surface area contributed by atoms with Crippen LogP contribution >= 0.6 is 11.6 Å². The van der Waals surface area contributed by atoms with Crippen LogP contribution in [0.5, 0.6) is 0 Å². The summed E-state index contributed by atoms with van der Waals surface area (Å²) >= 11 is 6.37. The van der Waals surface area contributed by atoms with Crippen LogP contribution in [0.25, 0.3) is 21.9 Å². The maximum atomic E-state index is 13.1. The molecule has 0 radical (unpaired) electrons. The van der Waals surface area contributed by atoms with Crippen LogP contribution in [-0.4, -0.2) is 30.0 Å². The third kappa shape index (κ3) is 4.99. The van der Waals surface area contributed by atoms with E-state index < -0.39 is 0 Å². The number of imidazole rings is 2. The van der Waals surface area contributed by atoms with E-state index in [-0.39, 0.29) is 11.7 Å². The Balaban J connectivity index is 1.18. The Bertz CT molecular complexity index is 1680. The highest BCUT2D eigenvalue weighted by atomic mass is 35.5. The molecule has 3 heterocycles. The van der Waals surface area contributed by atoms with Crippen LogP contribution in [0.3, 0.4) is 0 Å². The van der Waals surface area contributed by atoms with Gasteiger partial charge in [0.25, 0.3) is 5.91 Å². The van der Waals surface area contributed by atoms with E-state index in [1.54, 1.807) is 12.3 Å². The van der Waals surface area contributed by atoms with E-state index in [9.17, 15) is 4.79 Å². The fraction of sp³-hybridized carbons (Fsp3) is 0.138. The van der Waals surface area contributed by atoms with Crippen molar-refractivity contribution in [2.45, 2.75) is 25.9 Å². The molecule has 184 valence electrons. The monoisotopic (exact) mass is 508 g/mol. The van der Waals surface area contributed by atoms with E-state index in [2.05, 4.69) is 53.8 Å². The van der Waals surface area contributed by atoms with Gasteiger partial charge in [-0.1, -0.05) is 41.9 Å². The van der Waals surface area contributed by atoms with Gasteiger partial charge in [0.05, 0.1) is 17.4 Å². The Morgan fingerprint density at radius 2 is 1.89 bits per heavy atom. The molecule has 1 amide bonds. The van der Waals surface area contributed by atoms with Crippen molar-refractivity contribution in [2.75, 3.05) is 5.32 Å². The Kier molecular flexibility index (Phi) is 6.20. The maximum absolute atomic E-state index is 13.1. The number of nitrogens with zero attached hydrogens (tertiary/aromatic N) is 4. The van der Waals surface area contributed by atoms with Crippen LogP contribution < -0.4 is 5.32 Å². The topological polar surface area (TPSA) is 80.5 Å². The number of aryl methyl sites for hydroxylation is 2. The molecular formula is C29H25ClN6O. The van der Waals surface area contributed by atoms with Gasteiger partial charge in [-0.25, -0.2) is 9.97 Å². The number of rotatable bonds is 8. The van der Waals surface area contributed by atoms with Gasteiger partial charge >= 0.3 is 0 Å². The van der Waals surface area contributed by atoms with Crippen molar-refractivity contribution in [1.82, 2.24) is 24.1 Å². The predicted molar refractivity (Wildman–Crippen MR) is 147 cm³/mol. The number of halogens is 1. The zero-order valence-corrected chi connectivity index (χ0v) is 20.8. The molecule has 0 aliphatic heterocycles. The Hall–Kier alpha value is -4.36. The average Bonchev–Trinajstić information content (AvgIpc) is 3.65. The molecule has 6 rings (SSSR count). The van der Waals surface area contributed by atoms with E-state index in [0.717, 1.165) is 58.3 Å². The second-order valence-electron chi connectivity index (χ2n) is 9.10. The van der Waals surface area contributed by atoms with Crippen LogP contribution in [0.1, 0.15) is 28.2 Å². The summed E-state index contributed by atoms with van der Waals surface area (Å²) in [5, 5.41) is 4.66. The highest BCUT2D eigenvalue weighted by Gasteiger charge is 2.16. The summed E-state index contributed by atoms with van der Waals surface area (Å²) in [5.74, 6) is -0.0409. The van der Waals surface area contributed by atoms with Gasteiger partial charge in [0.15, 0.2) is 5.82 Å². The van der Waals surface area contributed by atoms with Crippen molar-refractivity contribution < 1.29 is 4.79 Å². The number of amides is 1. The standard InChI is InChI=1S/C29H25ClN6O/c30-23-16-22(15-20-5-2-1-3-6-20)27-25(18-23)33-28(34-27)29(37)32-24-7-8-26-21(17-24)9-13-36(26)12-4-11-35-14-10-31-19-35/h1-3,5-10,13-14,16-19H,4,11-12,15H2,(H,32,37)(H,33,34). The van der Waals surface area contributed by atoms with Gasteiger partial charge in [-0.3, -0.25) is 4.79 Å². The first-order chi connectivity index (χ1) is 18.1. The van der Waals surface area contributed by atoms with Gasteiger partial charge in [-0.05, 0) is 60.4 Å². The van der Waals surface area contributed by atoms with Crippen LogP contribution in [0.4, 0.5) is 5.69 Å². The third-order valence-electron chi connectivity index (χ3n) is 6.49. The van der Waals surface area contributed by atoms with E-state index >= 15 is 0 Å². The van der Waals surface area contributed by atoms with Gasteiger partial charge in [0.2, 0.25) is 0 Å². The quantitative estimate of drug-likeness (QED) is 0.253. The first-order valence-corrected chi connectivity index (χ1v) is 12.6. The molecule has 6 aromatic rings. The Morgan fingerprint density at radius 1 is 1.00 bits per heavy atom. The number of fused-ring (bicyclic) bond motifs is 2. The number of aromatic amines is 1. The lowest BCUT2D eigenvalue weighted by molar-refractivity contribution is 0.101. The summed E-state index contributed by atoms with van der Waals surface area (Å²) in [6.45, 7) is 1.82. The number of H-pyrrole nitrogens is 1. The molecule has 0 unspecified atom stereocenters. The summed E-state index contributed by atoms with van der Waals surface area (Å²) in [4.78, 5) is 24.9. The number of carbonyl (C=O) groups excluding carboxylic acids is 1. The molecule has 0 aliphatic carbocycles. The minimum absolute atomic E-state index is 0.253. The molecular weight excluding hydrogens is 484 g/mol. The molecule has 0 aliphatic rings. The molecule has 3 aromatic carbocycles. The SMILES string of the molecule is O=C(Nc1ccc2c(ccn2CCCn2ccnc2)c1)c1nc2c(Cc3ccccc3)cc(Cl)cc2[nH]1. The average molecular weight is 509 g/mol. The fourth-order valence-electron chi connectivity index (χ4n) is 4.71. The summed E-state index contributed by atoms with van der Waals surface area (Å²) < 4.78 is 4.31. The summed E-state index contributed by atoms with van der Waals surface area (Å²) in [7, 11) is 0. The smallest absolute Gasteiger partial charge is 0.291 e. The lowest BCUT2D eigenvalue weighted by Crippen LogP contribution is -2.13. The molecule has 0 fully saturated rings. The Labute approximate surface area is 218 Å². The molecule has 2 N–H and O–H groups in total. The minimum atomic E-state index is -0.294. The molecule has 7 nitrogen and oxygen atoms in total. The zero-order valence-electron chi connectivity index (χ0n) is 20.1. The third-order valence-corrected chi connectivity index (χ3v) is 6.70. The number of hydrogen-bond donors (Lipinski definition) is 2. The fourth-order valence-corrected chi connectivity index (χ4v) is 4.96. The molecule has 0 bridgehead atoms. The van der Waals surface area contributed by atoms with Crippen LogP contribution in [0.2, 0.25) is 5.02 Å². The predicted octanol–water partition coefficient (Wildman–Crippen LogP) is 6.30. The van der Waals surface area contributed by atoms with Crippen molar-refractivity contribution in [3.05, 3.63) is 114 Å². The number of carbonyl (C=O) groups is 1. The van der Waals surface area contributed by atoms with Crippen molar-refractivity contribution in [3.8, 4) is 0 Å². The highest BCUT2D eigenvalue weighted by molar-refractivity contribution is 6.31. The number of hydrogen-bond acceptors (Lipinski definition) is 3. The first kappa shape index (κ1) is 23.1. The molecule has 0 saturated carbocycles. The van der Waals surface area contributed by atoms with E-state index in [1.165, 1.54) is 0 Å². The van der Waals surface area contributed by atoms with Crippen LogP contribution in [0, 0.1) is 0 Å². The van der Waals surface area contributed by atoms with Gasteiger partial charge in [-0.15, -0.1) is 0 Å². The summed E-state index contributed by atoms with van der Waals surface area (Å²) in [6.07, 6.45) is 9.38. The van der Waals surface area contributed by atoms with E-state index in [1.807, 2.05) is 55.0 Å². The van der Waals surface area contributed by atoms with Crippen molar-refractivity contribution in [3.63, 3.8) is 0 Å². The molecule has 37 heavy (non-hydrogen) atoms. The molecule has 0 atom stereocenters. The normalized spacial score (nSPS) is 11.4. The minimum Gasteiger partial charge on any atom is -0.347 e. The van der Waals surface area contributed by atoms with Gasteiger partial charge in [-0.2, -0.15) is 0 Å². The number of benzene rings is 3. The van der Waals surface area contributed by atoms with Crippen molar-refractivity contribution in [1.29, 1.82) is 0 Å². The molecule has 0 saturated heterocycles. The Morgan fingerprint density at radius 3 is 2.73 bits per heavy atom. The van der Waals surface area contributed by atoms with Gasteiger partial charge in [0, 0.05) is 53.3 Å². The van der Waals surface area contributed by atoms with E-state index in [0.29, 0.717) is 11.4 Å². The zero-order chi connectivity index (χ0) is 25.2. The van der Waals surface area contributed by atoms with E-state index in [4.69, 9.17) is 11.6 Å². The van der Waals surface area contributed by atoms with Crippen molar-refractivity contribution >= 4 is 45.1 Å². The lowest BCUT2D eigenvalue weighted by Gasteiger charge is -2.07. The number of nitrogens with one attached hydrogen (secondary N) is 2. The molecule has 3 aromatic heterocycles.